The molecule has 2 amide bonds. The van der Waals surface area contributed by atoms with Gasteiger partial charge in [0.2, 0.25) is 11.8 Å². The Balaban J connectivity index is 1.53. The second-order valence-corrected chi connectivity index (χ2v) is 8.87. The highest BCUT2D eigenvalue weighted by molar-refractivity contribution is 7.99. The Hall–Kier alpha value is -3.33. The molecule has 0 bridgehead atoms. The average Bonchev–Trinajstić information content (AvgIpc) is 3.12. The maximum atomic E-state index is 12.4. The number of aryl methyl sites for hydroxylation is 2. The molecule has 8 nitrogen and oxygen atoms in total. The summed E-state index contributed by atoms with van der Waals surface area (Å²) in [6, 6.07) is 13.0. The monoisotopic (exact) mass is 467 g/mol. The Morgan fingerprint density at radius 2 is 1.73 bits per heavy atom. The molecule has 33 heavy (non-hydrogen) atoms. The van der Waals surface area contributed by atoms with Crippen LogP contribution < -0.4 is 15.4 Å². The van der Waals surface area contributed by atoms with Gasteiger partial charge in [-0.05, 0) is 61.7 Å². The van der Waals surface area contributed by atoms with Gasteiger partial charge < -0.3 is 19.9 Å². The summed E-state index contributed by atoms with van der Waals surface area (Å²) in [5.74, 6) is 1.35. The molecule has 1 atom stereocenters. The maximum absolute atomic E-state index is 12.4. The van der Waals surface area contributed by atoms with E-state index in [2.05, 4.69) is 26.9 Å². The van der Waals surface area contributed by atoms with Crippen molar-refractivity contribution in [1.29, 1.82) is 0 Å². The molecule has 0 aliphatic carbocycles. The largest absolute Gasteiger partial charge is 0.497 e. The van der Waals surface area contributed by atoms with Gasteiger partial charge in [0.15, 0.2) is 11.0 Å². The first kappa shape index (κ1) is 24.3. The fourth-order valence-corrected chi connectivity index (χ4v) is 4.21. The topological polar surface area (TPSA) is 98.1 Å². The van der Waals surface area contributed by atoms with Crippen LogP contribution in [0.3, 0.4) is 0 Å². The second kappa shape index (κ2) is 11.0. The van der Waals surface area contributed by atoms with Crippen molar-refractivity contribution in [2.24, 2.45) is 7.05 Å². The molecule has 2 N–H and O–H groups in total. The predicted molar refractivity (Wildman–Crippen MR) is 130 cm³/mol. The molecule has 1 aromatic heterocycles. The van der Waals surface area contributed by atoms with Crippen molar-refractivity contribution in [3.8, 4) is 5.75 Å². The Morgan fingerprint density at radius 1 is 1.06 bits per heavy atom. The number of hydrogen-bond acceptors (Lipinski definition) is 6. The lowest BCUT2D eigenvalue weighted by atomic mass is 10.1. The van der Waals surface area contributed by atoms with Crippen molar-refractivity contribution < 1.29 is 14.3 Å². The zero-order chi connectivity index (χ0) is 24.0. The highest BCUT2D eigenvalue weighted by atomic mass is 32.2. The zero-order valence-corrected chi connectivity index (χ0v) is 20.3. The number of benzene rings is 2. The smallest absolute Gasteiger partial charge is 0.234 e. The van der Waals surface area contributed by atoms with Crippen LogP contribution in [-0.4, -0.2) is 39.4 Å². The third-order valence-corrected chi connectivity index (χ3v) is 6.02. The number of nitrogens with one attached hydrogen (secondary N) is 2. The van der Waals surface area contributed by atoms with Crippen LogP contribution in [0.25, 0.3) is 0 Å². The predicted octanol–water partition coefficient (Wildman–Crippen LogP) is 3.59. The van der Waals surface area contributed by atoms with E-state index in [1.54, 1.807) is 11.7 Å². The number of methoxy groups -OCH3 is 1. The van der Waals surface area contributed by atoms with Gasteiger partial charge in [0.1, 0.15) is 5.75 Å². The molecule has 2 aromatic carbocycles. The van der Waals surface area contributed by atoms with Gasteiger partial charge in [0.25, 0.3) is 0 Å². The summed E-state index contributed by atoms with van der Waals surface area (Å²) in [5.41, 5.74) is 3.87. The van der Waals surface area contributed by atoms with E-state index in [4.69, 9.17) is 4.74 Å². The van der Waals surface area contributed by atoms with E-state index >= 15 is 0 Å². The summed E-state index contributed by atoms with van der Waals surface area (Å²) in [6.07, 6.45) is 0.256. The zero-order valence-electron chi connectivity index (χ0n) is 19.5. The minimum absolute atomic E-state index is 0.113. The van der Waals surface area contributed by atoms with Crippen molar-refractivity contribution in [2.75, 3.05) is 18.2 Å². The number of thioether (sulfide) groups is 1. The molecule has 0 spiro atoms. The van der Waals surface area contributed by atoms with E-state index in [-0.39, 0.29) is 30.0 Å². The molecule has 0 aliphatic heterocycles. The number of rotatable bonds is 9. The van der Waals surface area contributed by atoms with Crippen LogP contribution in [0.5, 0.6) is 5.75 Å². The first-order valence-corrected chi connectivity index (χ1v) is 11.6. The quantitative estimate of drug-likeness (QED) is 0.467. The summed E-state index contributed by atoms with van der Waals surface area (Å²) in [4.78, 5) is 24.8. The van der Waals surface area contributed by atoms with Gasteiger partial charge >= 0.3 is 0 Å². The number of carbonyl (C=O) groups is 2. The number of amides is 2. The van der Waals surface area contributed by atoms with Crippen molar-refractivity contribution in [1.82, 2.24) is 20.1 Å². The second-order valence-electron chi connectivity index (χ2n) is 7.93. The summed E-state index contributed by atoms with van der Waals surface area (Å²) in [6.45, 7) is 5.85. The molecule has 0 aliphatic rings. The van der Waals surface area contributed by atoms with E-state index in [9.17, 15) is 9.59 Å². The fraction of sp³-hybridized carbons (Fsp3) is 0.333. The van der Waals surface area contributed by atoms with Gasteiger partial charge in [-0.2, -0.15) is 0 Å². The summed E-state index contributed by atoms with van der Waals surface area (Å²) in [7, 11) is 3.43. The molecule has 0 saturated heterocycles. The van der Waals surface area contributed by atoms with Crippen LogP contribution in [0, 0.1) is 13.8 Å². The standard InChI is InChI=1S/C24H29N5O3S/c1-15-10-16(2)12-19(11-15)26-22(31)14-33-24-28-27-23(29(24)4)17(3)25-21(30)13-18-6-8-20(32-5)9-7-18/h6-12,17H,13-14H2,1-5H3,(H,25,30)(H,26,31)/t17-/m0/s1. The third kappa shape index (κ3) is 6.82. The first-order valence-electron chi connectivity index (χ1n) is 10.6. The normalized spacial score (nSPS) is 11.7. The molecular formula is C24H29N5O3S. The number of carbonyl (C=O) groups excluding carboxylic acids is 2. The lowest BCUT2D eigenvalue weighted by molar-refractivity contribution is -0.121. The SMILES string of the molecule is COc1ccc(CC(=O)N[C@@H](C)c2nnc(SCC(=O)Nc3cc(C)cc(C)c3)n2C)cc1. The van der Waals surface area contributed by atoms with Gasteiger partial charge in [-0.3, -0.25) is 9.59 Å². The summed E-state index contributed by atoms with van der Waals surface area (Å²) < 4.78 is 6.94. The molecular weight excluding hydrogens is 438 g/mol. The lowest BCUT2D eigenvalue weighted by Crippen LogP contribution is -2.29. The molecule has 1 heterocycles. The van der Waals surface area contributed by atoms with Crippen molar-refractivity contribution in [3.05, 3.63) is 65.0 Å². The molecule has 3 aromatic rings. The number of nitrogens with zero attached hydrogens (tertiary/aromatic N) is 3. The van der Waals surface area contributed by atoms with Gasteiger partial charge in [0.05, 0.1) is 25.3 Å². The molecule has 0 radical (unpaired) electrons. The maximum Gasteiger partial charge on any atom is 0.234 e. The number of ether oxygens (including phenoxy) is 1. The Bertz CT molecular complexity index is 1110. The minimum atomic E-state index is -0.327. The first-order chi connectivity index (χ1) is 15.7. The Labute approximate surface area is 198 Å². The lowest BCUT2D eigenvalue weighted by Gasteiger charge is -2.14. The molecule has 174 valence electrons. The van der Waals surface area contributed by atoms with Crippen LogP contribution in [-0.2, 0) is 23.1 Å². The van der Waals surface area contributed by atoms with Crippen molar-refractivity contribution in [3.63, 3.8) is 0 Å². The summed E-state index contributed by atoms with van der Waals surface area (Å²) >= 11 is 1.30. The molecule has 9 heteroatoms. The summed E-state index contributed by atoms with van der Waals surface area (Å²) in [5, 5.41) is 14.9. The van der Waals surface area contributed by atoms with Crippen molar-refractivity contribution >= 4 is 29.3 Å². The van der Waals surface area contributed by atoms with Crippen LogP contribution >= 0.6 is 11.8 Å². The molecule has 0 saturated carbocycles. The number of anilines is 1. The Morgan fingerprint density at radius 3 is 2.36 bits per heavy atom. The van der Waals surface area contributed by atoms with Crippen LogP contribution in [0.4, 0.5) is 5.69 Å². The highest BCUT2D eigenvalue weighted by Gasteiger charge is 2.18. The van der Waals surface area contributed by atoms with Crippen LogP contribution in [0.1, 0.15) is 35.5 Å². The van der Waals surface area contributed by atoms with E-state index in [0.29, 0.717) is 11.0 Å². The number of hydrogen-bond donors (Lipinski definition) is 2. The molecule has 0 unspecified atom stereocenters. The van der Waals surface area contributed by atoms with Gasteiger partial charge in [0, 0.05) is 12.7 Å². The van der Waals surface area contributed by atoms with Gasteiger partial charge in [-0.1, -0.05) is 30.0 Å². The van der Waals surface area contributed by atoms with Crippen LogP contribution in [0.2, 0.25) is 0 Å². The molecule has 0 fully saturated rings. The highest BCUT2D eigenvalue weighted by Crippen LogP contribution is 2.20. The van der Waals surface area contributed by atoms with Gasteiger partial charge in [-0.25, -0.2) is 0 Å². The minimum Gasteiger partial charge on any atom is -0.497 e. The Kier molecular flexibility index (Phi) is 8.11. The van der Waals surface area contributed by atoms with Crippen molar-refractivity contribution in [2.45, 2.75) is 38.4 Å². The van der Waals surface area contributed by atoms with E-state index in [0.717, 1.165) is 28.1 Å². The number of aromatic nitrogens is 3. The van der Waals surface area contributed by atoms with Crippen LogP contribution in [0.15, 0.2) is 47.6 Å². The van der Waals surface area contributed by atoms with E-state index < -0.39 is 0 Å². The molecule has 3 rings (SSSR count). The van der Waals surface area contributed by atoms with Gasteiger partial charge in [-0.15, -0.1) is 10.2 Å². The third-order valence-electron chi connectivity index (χ3n) is 4.99. The van der Waals surface area contributed by atoms with E-state index in [1.165, 1.54) is 11.8 Å². The fourth-order valence-electron chi connectivity index (χ4n) is 3.49. The van der Waals surface area contributed by atoms with E-state index in [1.807, 2.05) is 64.2 Å². The average molecular weight is 468 g/mol.